The monoisotopic (exact) mass is 349 g/mol. The van der Waals surface area contributed by atoms with Crippen LogP contribution in [0.4, 0.5) is 5.95 Å². The summed E-state index contributed by atoms with van der Waals surface area (Å²) in [5, 5.41) is 12.0. The fourth-order valence-corrected chi connectivity index (χ4v) is 2.36. The molecule has 26 heavy (non-hydrogen) atoms. The van der Waals surface area contributed by atoms with Crippen LogP contribution in [0.3, 0.4) is 0 Å². The van der Waals surface area contributed by atoms with E-state index in [9.17, 15) is 4.79 Å². The van der Waals surface area contributed by atoms with Crippen LogP contribution in [-0.2, 0) is 11.3 Å². The Kier molecular flexibility index (Phi) is 5.43. The van der Waals surface area contributed by atoms with Crippen LogP contribution in [0.1, 0.15) is 11.1 Å². The van der Waals surface area contributed by atoms with Gasteiger partial charge in [0.05, 0.1) is 5.69 Å². The van der Waals surface area contributed by atoms with E-state index < -0.39 is 12.6 Å². The van der Waals surface area contributed by atoms with E-state index in [0.29, 0.717) is 18.2 Å². The Balaban J connectivity index is 1.86. The van der Waals surface area contributed by atoms with Gasteiger partial charge in [-0.3, -0.25) is 0 Å². The molecule has 0 saturated heterocycles. The summed E-state index contributed by atoms with van der Waals surface area (Å²) in [5.41, 5.74) is 3.80. The summed E-state index contributed by atoms with van der Waals surface area (Å²) >= 11 is 0. The highest BCUT2D eigenvalue weighted by atomic mass is 16.5. The van der Waals surface area contributed by atoms with Gasteiger partial charge in [-0.2, -0.15) is 4.98 Å². The third kappa shape index (κ3) is 4.80. The molecule has 0 aliphatic heterocycles. The van der Waals surface area contributed by atoms with Gasteiger partial charge in [0.15, 0.2) is 6.61 Å². The number of nitrogens with zero attached hydrogens (tertiary/aromatic N) is 2. The number of carboxylic acid groups (broad SMARTS) is 1. The van der Waals surface area contributed by atoms with Crippen molar-refractivity contribution in [3.05, 3.63) is 71.8 Å². The second-order valence-corrected chi connectivity index (χ2v) is 5.80. The van der Waals surface area contributed by atoms with Crippen LogP contribution in [0.2, 0.25) is 0 Å². The number of benzene rings is 2. The quantitative estimate of drug-likeness (QED) is 0.679. The van der Waals surface area contributed by atoms with E-state index in [4.69, 9.17) is 9.84 Å². The highest BCUT2D eigenvalue weighted by molar-refractivity contribution is 5.68. The maximum atomic E-state index is 10.8. The molecule has 3 aromatic rings. The van der Waals surface area contributed by atoms with Crippen LogP contribution >= 0.6 is 0 Å². The normalized spacial score (nSPS) is 10.3. The Morgan fingerprint density at radius 3 is 2.50 bits per heavy atom. The third-order valence-corrected chi connectivity index (χ3v) is 3.69. The molecule has 6 nitrogen and oxygen atoms in total. The van der Waals surface area contributed by atoms with Crippen molar-refractivity contribution in [3.63, 3.8) is 0 Å². The van der Waals surface area contributed by atoms with Gasteiger partial charge in [-0.15, -0.1) is 0 Å². The Hall–Kier alpha value is -3.41. The number of nitrogens with one attached hydrogen (secondary N) is 1. The maximum Gasteiger partial charge on any atom is 0.341 e. The van der Waals surface area contributed by atoms with Crippen LogP contribution in [0, 0.1) is 6.92 Å². The Bertz CT molecular complexity index is 881. The largest absolute Gasteiger partial charge is 0.479 e. The molecule has 2 N–H and O–H groups in total. The van der Waals surface area contributed by atoms with Gasteiger partial charge in [-0.05, 0) is 12.5 Å². The van der Waals surface area contributed by atoms with Gasteiger partial charge < -0.3 is 15.2 Å². The SMILES string of the molecule is Cc1ccc(-c2cc(OCC(=O)O)nc(NCc3ccccc3)n2)cc1. The van der Waals surface area contributed by atoms with Gasteiger partial charge in [0.1, 0.15) is 0 Å². The number of anilines is 1. The second kappa shape index (κ2) is 8.11. The van der Waals surface area contributed by atoms with Gasteiger partial charge in [0.2, 0.25) is 11.8 Å². The summed E-state index contributed by atoms with van der Waals surface area (Å²) < 4.78 is 5.26. The van der Waals surface area contributed by atoms with Crippen molar-refractivity contribution in [2.75, 3.05) is 11.9 Å². The van der Waals surface area contributed by atoms with E-state index in [2.05, 4.69) is 15.3 Å². The first-order valence-electron chi connectivity index (χ1n) is 8.19. The topological polar surface area (TPSA) is 84.3 Å². The van der Waals surface area contributed by atoms with Gasteiger partial charge in [0, 0.05) is 18.2 Å². The summed E-state index contributed by atoms with van der Waals surface area (Å²) in [6.45, 7) is 2.11. The lowest BCUT2D eigenvalue weighted by atomic mass is 10.1. The lowest BCUT2D eigenvalue weighted by molar-refractivity contribution is -0.139. The van der Waals surface area contributed by atoms with Crippen molar-refractivity contribution in [2.45, 2.75) is 13.5 Å². The minimum absolute atomic E-state index is 0.216. The highest BCUT2D eigenvalue weighted by Crippen LogP contribution is 2.23. The van der Waals surface area contributed by atoms with Gasteiger partial charge in [-0.1, -0.05) is 60.2 Å². The summed E-state index contributed by atoms with van der Waals surface area (Å²) in [7, 11) is 0. The summed E-state index contributed by atoms with van der Waals surface area (Å²) in [4.78, 5) is 19.6. The molecule has 0 spiro atoms. The number of aromatic nitrogens is 2. The smallest absolute Gasteiger partial charge is 0.341 e. The number of aliphatic carboxylic acids is 1. The van der Waals surface area contributed by atoms with Crippen LogP contribution in [0.5, 0.6) is 5.88 Å². The number of aryl methyl sites for hydroxylation is 1. The number of rotatable bonds is 7. The minimum atomic E-state index is -1.06. The molecule has 6 heteroatoms. The van der Waals surface area contributed by atoms with E-state index in [0.717, 1.165) is 16.7 Å². The van der Waals surface area contributed by atoms with Crippen molar-refractivity contribution < 1.29 is 14.6 Å². The van der Waals surface area contributed by atoms with Crippen molar-refractivity contribution in [2.24, 2.45) is 0 Å². The molecule has 0 saturated carbocycles. The predicted octanol–water partition coefficient (Wildman–Crippen LogP) is 3.53. The highest BCUT2D eigenvalue weighted by Gasteiger charge is 2.09. The lowest BCUT2D eigenvalue weighted by Crippen LogP contribution is -2.12. The molecule has 0 atom stereocenters. The molecule has 0 radical (unpaired) electrons. The van der Waals surface area contributed by atoms with Crippen molar-refractivity contribution in [1.29, 1.82) is 0 Å². The van der Waals surface area contributed by atoms with Crippen LogP contribution < -0.4 is 10.1 Å². The Morgan fingerprint density at radius 2 is 1.81 bits per heavy atom. The van der Waals surface area contributed by atoms with Crippen LogP contribution in [-0.4, -0.2) is 27.7 Å². The number of hydrogen-bond acceptors (Lipinski definition) is 5. The fourth-order valence-electron chi connectivity index (χ4n) is 2.36. The Morgan fingerprint density at radius 1 is 1.08 bits per heavy atom. The number of ether oxygens (including phenoxy) is 1. The molecule has 0 unspecified atom stereocenters. The zero-order chi connectivity index (χ0) is 18.4. The number of carboxylic acids is 1. The molecule has 0 bridgehead atoms. The van der Waals surface area contributed by atoms with E-state index >= 15 is 0 Å². The maximum absolute atomic E-state index is 10.8. The molecule has 132 valence electrons. The summed E-state index contributed by atoms with van der Waals surface area (Å²) in [6, 6.07) is 19.4. The molecule has 0 amide bonds. The number of carbonyl (C=O) groups is 1. The second-order valence-electron chi connectivity index (χ2n) is 5.80. The van der Waals surface area contributed by atoms with Gasteiger partial charge >= 0.3 is 5.97 Å². The average molecular weight is 349 g/mol. The van der Waals surface area contributed by atoms with Crippen molar-refractivity contribution in [1.82, 2.24) is 9.97 Å². The van der Waals surface area contributed by atoms with Crippen LogP contribution in [0.25, 0.3) is 11.3 Å². The molecular formula is C20H19N3O3. The van der Waals surface area contributed by atoms with Crippen molar-refractivity contribution in [3.8, 4) is 17.1 Å². The predicted molar refractivity (Wildman–Crippen MR) is 99.1 cm³/mol. The molecule has 0 aliphatic carbocycles. The summed E-state index contributed by atoms with van der Waals surface area (Å²) in [6.07, 6.45) is 0. The first kappa shape index (κ1) is 17.4. The van der Waals surface area contributed by atoms with E-state index in [1.165, 1.54) is 0 Å². The molecule has 0 fully saturated rings. The average Bonchev–Trinajstić information content (AvgIpc) is 2.66. The molecule has 0 aliphatic rings. The Labute approximate surface area is 151 Å². The van der Waals surface area contributed by atoms with Crippen molar-refractivity contribution >= 4 is 11.9 Å². The standard InChI is InChI=1S/C20H19N3O3/c1-14-7-9-16(10-8-14)17-11-18(26-13-19(24)25)23-20(22-17)21-12-15-5-3-2-4-6-15/h2-11H,12-13H2,1H3,(H,24,25)(H,21,22,23). The van der Waals surface area contributed by atoms with E-state index in [-0.39, 0.29) is 5.88 Å². The van der Waals surface area contributed by atoms with E-state index in [1.807, 2.05) is 61.5 Å². The van der Waals surface area contributed by atoms with Gasteiger partial charge in [0.25, 0.3) is 0 Å². The zero-order valence-corrected chi connectivity index (χ0v) is 14.3. The zero-order valence-electron chi connectivity index (χ0n) is 14.3. The summed E-state index contributed by atoms with van der Waals surface area (Å²) in [5.74, 6) is -0.458. The molecule has 1 aromatic heterocycles. The molecular weight excluding hydrogens is 330 g/mol. The molecule has 2 aromatic carbocycles. The van der Waals surface area contributed by atoms with Crippen LogP contribution in [0.15, 0.2) is 60.7 Å². The first-order chi connectivity index (χ1) is 12.6. The van der Waals surface area contributed by atoms with E-state index in [1.54, 1.807) is 6.07 Å². The minimum Gasteiger partial charge on any atom is -0.479 e. The van der Waals surface area contributed by atoms with Gasteiger partial charge in [-0.25, -0.2) is 9.78 Å². The number of hydrogen-bond donors (Lipinski definition) is 2. The molecule has 3 rings (SSSR count). The molecule has 1 heterocycles. The lowest BCUT2D eigenvalue weighted by Gasteiger charge is -2.10. The first-order valence-corrected chi connectivity index (χ1v) is 8.19. The third-order valence-electron chi connectivity index (χ3n) is 3.69. The fraction of sp³-hybridized carbons (Fsp3) is 0.150.